The number of hydrogen-bond acceptors (Lipinski definition) is 4. The molecular formula is C61H39N3S. The van der Waals surface area contributed by atoms with Gasteiger partial charge in [-0.15, -0.1) is 11.3 Å². The maximum absolute atomic E-state index is 5.19. The van der Waals surface area contributed by atoms with Gasteiger partial charge in [0, 0.05) is 36.9 Å². The summed E-state index contributed by atoms with van der Waals surface area (Å²) in [7, 11) is 0. The molecule has 12 rings (SSSR count). The van der Waals surface area contributed by atoms with Crippen LogP contribution in [0.1, 0.15) is 0 Å². The Morgan fingerprint density at radius 3 is 1.34 bits per heavy atom. The van der Waals surface area contributed by atoms with E-state index < -0.39 is 0 Å². The largest absolute Gasteiger partial charge is 0.208 e. The third-order valence-corrected chi connectivity index (χ3v) is 13.5. The predicted molar refractivity (Wildman–Crippen MR) is 274 cm³/mol. The zero-order valence-corrected chi connectivity index (χ0v) is 36.1. The summed E-state index contributed by atoms with van der Waals surface area (Å²) in [6.07, 6.45) is 0. The van der Waals surface area contributed by atoms with E-state index in [0.717, 1.165) is 44.5 Å². The summed E-state index contributed by atoms with van der Waals surface area (Å²) >= 11 is 1.86. The van der Waals surface area contributed by atoms with Gasteiger partial charge in [0.2, 0.25) is 0 Å². The molecule has 0 aliphatic heterocycles. The molecule has 0 fully saturated rings. The Morgan fingerprint density at radius 1 is 0.215 bits per heavy atom. The molecule has 65 heavy (non-hydrogen) atoms. The van der Waals surface area contributed by atoms with E-state index in [-0.39, 0.29) is 0 Å². The van der Waals surface area contributed by atoms with E-state index in [1.807, 2.05) is 29.5 Å². The summed E-state index contributed by atoms with van der Waals surface area (Å²) in [5.41, 5.74) is 14.4. The number of thiophene rings is 1. The fraction of sp³-hybridized carbons (Fsp3) is 0. The molecule has 12 aromatic rings. The lowest BCUT2D eigenvalue weighted by molar-refractivity contribution is 1.07. The quantitative estimate of drug-likeness (QED) is 0.153. The molecule has 0 aliphatic rings. The summed E-state index contributed by atoms with van der Waals surface area (Å²) in [6.45, 7) is 0. The smallest absolute Gasteiger partial charge is 0.164 e. The molecule has 0 aliphatic carbocycles. The second-order valence-corrected chi connectivity index (χ2v) is 17.4. The first-order chi connectivity index (χ1) is 32.2. The van der Waals surface area contributed by atoms with E-state index in [1.54, 1.807) is 0 Å². The lowest BCUT2D eigenvalue weighted by atomic mass is 9.91. The van der Waals surface area contributed by atoms with Gasteiger partial charge in [0.25, 0.3) is 0 Å². The summed E-state index contributed by atoms with van der Waals surface area (Å²) < 4.78 is 2.65. The van der Waals surface area contributed by atoms with Crippen molar-refractivity contribution < 1.29 is 0 Å². The van der Waals surface area contributed by atoms with Crippen LogP contribution < -0.4 is 0 Å². The lowest BCUT2D eigenvalue weighted by Crippen LogP contribution is -2.01. The minimum atomic E-state index is 0.622. The van der Waals surface area contributed by atoms with Crippen LogP contribution in [0.3, 0.4) is 0 Å². The van der Waals surface area contributed by atoms with Crippen molar-refractivity contribution in [3.8, 4) is 89.8 Å². The summed E-state index contributed by atoms with van der Waals surface area (Å²) in [6, 6.07) is 84.1. The average Bonchev–Trinajstić information content (AvgIpc) is 3.77. The highest BCUT2D eigenvalue weighted by molar-refractivity contribution is 7.25. The Labute approximate surface area is 381 Å². The van der Waals surface area contributed by atoms with Crippen molar-refractivity contribution in [2.24, 2.45) is 0 Å². The van der Waals surface area contributed by atoms with E-state index >= 15 is 0 Å². The maximum atomic E-state index is 5.19. The molecule has 0 unspecified atom stereocenters. The van der Waals surface area contributed by atoms with Crippen LogP contribution in [0.15, 0.2) is 237 Å². The molecule has 3 nitrogen and oxygen atoms in total. The highest BCUT2D eigenvalue weighted by Crippen LogP contribution is 2.40. The van der Waals surface area contributed by atoms with Crippen molar-refractivity contribution in [2.75, 3.05) is 0 Å². The topological polar surface area (TPSA) is 38.7 Å². The summed E-state index contributed by atoms with van der Waals surface area (Å²) in [5, 5.41) is 5.07. The third kappa shape index (κ3) is 7.26. The zero-order valence-electron chi connectivity index (χ0n) is 35.3. The van der Waals surface area contributed by atoms with E-state index in [9.17, 15) is 0 Å². The normalized spacial score (nSPS) is 11.4. The number of fused-ring (bicyclic) bond motifs is 4. The molecule has 304 valence electrons. The minimum absolute atomic E-state index is 0.622. The third-order valence-electron chi connectivity index (χ3n) is 12.4. The first kappa shape index (κ1) is 38.4. The molecule has 0 radical (unpaired) electrons. The Balaban J connectivity index is 0.897. The van der Waals surface area contributed by atoms with Gasteiger partial charge < -0.3 is 0 Å². The summed E-state index contributed by atoms with van der Waals surface area (Å²) in [5.74, 6) is 1.88. The Bertz CT molecular complexity index is 3690. The number of benzene rings is 10. The van der Waals surface area contributed by atoms with Crippen LogP contribution in [0, 0.1) is 0 Å². The van der Waals surface area contributed by atoms with Crippen molar-refractivity contribution in [3.05, 3.63) is 237 Å². The van der Waals surface area contributed by atoms with Gasteiger partial charge in [-0.05, 0) is 84.6 Å². The molecule has 0 bridgehead atoms. The molecule has 0 saturated carbocycles. The van der Waals surface area contributed by atoms with Gasteiger partial charge in [0.05, 0.1) is 0 Å². The standard InChI is InChI=1S/C61H39N3S/c1-3-14-40(15-4-1)46-18-13-19-48(38-46)60-62-59(63-61(64-60)56-24-10-7-20-49(56)42-16-5-2-6-17-42)45-32-30-44(31-33-45)51-37-36-50(52-21-8-9-22-53(51)52)43-28-26-41(27-29-43)47-34-35-55-54-23-11-12-25-57(54)65-58(55)39-47/h1-39H. The fourth-order valence-electron chi connectivity index (χ4n) is 9.12. The lowest BCUT2D eigenvalue weighted by Gasteiger charge is -2.14. The van der Waals surface area contributed by atoms with Crippen molar-refractivity contribution in [3.63, 3.8) is 0 Å². The minimum Gasteiger partial charge on any atom is -0.208 e. The first-order valence-electron chi connectivity index (χ1n) is 21.9. The molecule has 4 heteroatoms. The van der Waals surface area contributed by atoms with Crippen LogP contribution in [0.2, 0.25) is 0 Å². The molecule has 0 N–H and O–H groups in total. The van der Waals surface area contributed by atoms with Crippen molar-refractivity contribution in [2.45, 2.75) is 0 Å². The van der Waals surface area contributed by atoms with Gasteiger partial charge in [-0.25, -0.2) is 15.0 Å². The summed E-state index contributed by atoms with van der Waals surface area (Å²) in [4.78, 5) is 15.5. The Morgan fingerprint density at radius 2 is 0.646 bits per heavy atom. The molecule has 0 saturated heterocycles. The van der Waals surface area contributed by atoms with E-state index in [4.69, 9.17) is 15.0 Å². The van der Waals surface area contributed by atoms with Crippen molar-refractivity contribution in [1.82, 2.24) is 15.0 Å². The van der Waals surface area contributed by atoms with Gasteiger partial charge in [0.15, 0.2) is 17.5 Å². The fourth-order valence-corrected chi connectivity index (χ4v) is 10.3. The number of rotatable bonds is 8. The second-order valence-electron chi connectivity index (χ2n) is 16.3. The molecule has 0 atom stereocenters. The SMILES string of the molecule is c1ccc(-c2cccc(-c3nc(-c4ccc(-c5ccc(-c6ccc(-c7ccc8c(c7)sc7ccccc78)cc6)c6ccccc56)cc4)nc(-c4ccccc4-c4ccccc4)n3)c2)cc1. The number of aromatic nitrogens is 3. The number of nitrogens with zero attached hydrogens (tertiary/aromatic N) is 3. The predicted octanol–water partition coefficient (Wildman–Crippen LogP) is 16.7. The van der Waals surface area contributed by atoms with Crippen LogP contribution >= 0.6 is 11.3 Å². The van der Waals surface area contributed by atoms with Crippen LogP contribution in [0.4, 0.5) is 0 Å². The average molecular weight is 846 g/mol. The maximum Gasteiger partial charge on any atom is 0.164 e. The molecule has 2 heterocycles. The van der Waals surface area contributed by atoms with Crippen molar-refractivity contribution in [1.29, 1.82) is 0 Å². The van der Waals surface area contributed by atoms with Gasteiger partial charge in [-0.1, -0.05) is 218 Å². The van der Waals surface area contributed by atoms with Crippen molar-refractivity contribution >= 4 is 42.3 Å². The van der Waals surface area contributed by atoms with Gasteiger partial charge >= 0.3 is 0 Å². The first-order valence-corrected chi connectivity index (χ1v) is 22.7. The monoisotopic (exact) mass is 845 g/mol. The second kappa shape index (κ2) is 16.4. The van der Waals surface area contributed by atoms with Gasteiger partial charge in [-0.3, -0.25) is 0 Å². The molecule has 10 aromatic carbocycles. The molecule has 0 spiro atoms. The van der Waals surface area contributed by atoms with Crippen LogP contribution in [-0.4, -0.2) is 15.0 Å². The van der Waals surface area contributed by atoms with Crippen LogP contribution in [-0.2, 0) is 0 Å². The molecule has 2 aromatic heterocycles. The van der Waals surface area contributed by atoms with Crippen LogP contribution in [0.5, 0.6) is 0 Å². The number of hydrogen-bond donors (Lipinski definition) is 0. The Hall–Kier alpha value is -8.31. The highest BCUT2D eigenvalue weighted by atomic mass is 32.1. The van der Waals surface area contributed by atoms with Gasteiger partial charge in [-0.2, -0.15) is 0 Å². The molecule has 0 amide bonds. The molecular weight excluding hydrogens is 807 g/mol. The highest BCUT2D eigenvalue weighted by Gasteiger charge is 2.17. The van der Waals surface area contributed by atoms with Crippen LogP contribution in [0.25, 0.3) is 121 Å². The van der Waals surface area contributed by atoms with E-state index in [0.29, 0.717) is 17.5 Å². The van der Waals surface area contributed by atoms with Gasteiger partial charge in [0.1, 0.15) is 0 Å². The Kier molecular flexibility index (Phi) is 9.70. The van der Waals surface area contributed by atoms with E-state index in [1.165, 1.54) is 58.8 Å². The van der Waals surface area contributed by atoms with E-state index in [2.05, 4.69) is 218 Å². The zero-order chi connectivity index (χ0) is 43.1.